The van der Waals surface area contributed by atoms with Crippen LogP contribution in [0.2, 0.25) is 0 Å². The van der Waals surface area contributed by atoms with E-state index in [0.29, 0.717) is 11.8 Å². The molecule has 0 fully saturated rings. The lowest BCUT2D eigenvalue weighted by atomic mass is 9.36. The fraction of sp³-hybridized carbons (Fsp3) is 0.216. The smallest absolute Gasteiger partial charge is 0.297 e. The average molecular weight is 537 g/mol. The van der Waals surface area contributed by atoms with Gasteiger partial charge in [-0.05, 0) is 63.8 Å². The summed E-state index contributed by atoms with van der Waals surface area (Å²) in [5.41, 5.74) is 10.6. The van der Waals surface area contributed by atoms with Crippen LogP contribution in [0.4, 0.5) is 0 Å². The van der Waals surface area contributed by atoms with E-state index in [4.69, 9.17) is 9.15 Å². The Kier molecular flexibility index (Phi) is 6.04. The van der Waals surface area contributed by atoms with Crippen molar-refractivity contribution in [3.63, 3.8) is 0 Å². The molecule has 0 saturated heterocycles. The van der Waals surface area contributed by atoms with Crippen LogP contribution in [0.3, 0.4) is 0 Å². The van der Waals surface area contributed by atoms with E-state index >= 15 is 0 Å². The van der Waals surface area contributed by atoms with E-state index in [1.54, 1.807) is 0 Å². The predicted molar refractivity (Wildman–Crippen MR) is 171 cm³/mol. The van der Waals surface area contributed by atoms with E-state index in [9.17, 15) is 0 Å². The monoisotopic (exact) mass is 536 g/mol. The van der Waals surface area contributed by atoms with E-state index in [2.05, 4.69) is 137 Å². The van der Waals surface area contributed by atoms with Crippen molar-refractivity contribution in [1.82, 2.24) is 0 Å². The quantitative estimate of drug-likeness (QED) is 0.175. The zero-order valence-electron chi connectivity index (χ0n) is 24.7. The topological polar surface area (TPSA) is 26.2 Å². The largest absolute Gasteiger partial charge is 0.460 e. The molecule has 3 nitrogen and oxygen atoms in total. The van der Waals surface area contributed by atoms with E-state index < -0.39 is 0 Å². The fourth-order valence-corrected chi connectivity index (χ4v) is 6.74. The second-order valence-corrected chi connectivity index (χ2v) is 12.0. The number of furan rings is 1. The molecule has 0 amide bonds. The van der Waals surface area contributed by atoms with Crippen LogP contribution < -0.4 is 25.9 Å². The van der Waals surface area contributed by atoms with Crippen LogP contribution in [0.15, 0.2) is 95.5 Å². The molecule has 41 heavy (non-hydrogen) atoms. The van der Waals surface area contributed by atoms with Crippen LogP contribution >= 0.6 is 0 Å². The summed E-state index contributed by atoms with van der Waals surface area (Å²) in [6.07, 6.45) is 2.11. The first-order valence-corrected chi connectivity index (χ1v) is 14.7. The van der Waals surface area contributed by atoms with Gasteiger partial charge < -0.3 is 9.15 Å². The lowest BCUT2D eigenvalue weighted by Gasteiger charge is -2.28. The van der Waals surface area contributed by atoms with Gasteiger partial charge in [0.25, 0.3) is 6.71 Å². The Balaban J connectivity index is 1.50. The van der Waals surface area contributed by atoms with Crippen LogP contribution in [0.5, 0.6) is 11.5 Å². The first-order chi connectivity index (χ1) is 19.8. The minimum Gasteiger partial charge on any atom is -0.460 e. The van der Waals surface area contributed by atoms with Crippen molar-refractivity contribution in [1.29, 1.82) is 0 Å². The maximum atomic E-state index is 6.81. The first kappa shape index (κ1) is 25.6. The van der Waals surface area contributed by atoms with Crippen molar-refractivity contribution in [2.75, 3.05) is 0 Å². The Morgan fingerprint density at radius 1 is 0.756 bits per heavy atom. The summed E-state index contributed by atoms with van der Waals surface area (Å²) in [5.74, 6) is 2.49. The maximum Gasteiger partial charge on any atom is 0.297 e. The number of hydrogen-bond acceptors (Lipinski definition) is 2. The predicted octanol–water partition coefficient (Wildman–Crippen LogP) is 7.25. The third kappa shape index (κ3) is 4.00. The third-order valence-corrected chi connectivity index (χ3v) is 8.81. The van der Waals surface area contributed by atoms with Crippen molar-refractivity contribution >= 4 is 45.0 Å². The molecule has 0 atom stereocenters. The average Bonchev–Trinajstić information content (AvgIpc) is 3.32. The van der Waals surface area contributed by atoms with Crippen LogP contribution in [-0.4, -0.2) is 6.71 Å². The molecule has 0 saturated carbocycles. The summed E-state index contributed by atoms with van der Waals surface area (Å²) >= 11 is 0. The normalized spacial score (nSPS) is 12.7. The van der Waals surface area contributed by atoms with Crippen molar-refractivity contribution in [2.45, 2.75) is 46.5 Å². The van der Waals surface area contributed by atoms with Gasteiger partial charge in [-0.1, -0.05) is 99.9 Å². The fourth-order valence-electron chi connectivity index (χ4n) is 6.74. The van der Waals surface area contributed by atoms with E-state index in [0.717, 1.165) is 39.3 Å². The van der Waals surface area contributed by atoms with Gasteiger partial charge >= 0.3 is 0 Å². The van der Waals surface area contributed by atoms with Crippen LogP contribution in [0, 0.1) is 6.92 Å². The number of ether oxygens (including phenoxy) is 1. The molecule has 3 heterocycles. The number of pyridine rings is 1. The minimum atomic E-state index is -0.0467. The van der Waals surface area contributed by atoms with Gasteiger partial charge in [0.2, 0.25) is 17.5 Å². The standard InChI is InChI=1S/C37H35BNO2/c1-22(2)26-14-11-15-27(23(3)4)35(26)38-31-16-9-10-17-33(31)40-36-30-20-32(39(6)21-34(30)41-37(36)38)29-19-18-25-12-7-8-13-28(25)24(29)5/h7-23H,1-6H3/q+1. The Labute approximate surface area is 242 Å². The van der Waals surface area contributed by atoms with E-state index in [-0.39, 0.29) is 6.71 Å². The minimum absolute atomic E-state index is 0.0467. The highest BCUT2D eigenvalue weighted by Crippen LogP contribution is 2.37. The molecular weight excluding hydrogens is 501 g/mol. The van der Waals surface area contributed by atoms with Crippen molar-refractivity contribution in [3.8, 4) is 22.8 Å². The van der Waals surface area contributed by atoms with Gasteiger partial charge in [-0.2, -0.15) is 4.57 Å². The molecule has 0 radical (unpaired) electrons. The van der Waals surface area contributed by atoms with Gasteiger partial charge in [0.1, 0.15) is 18.5 Å². The summed E-state index contributed by atoms with van der Waals surface area (Å²) in [6, 6.07) is 30.5. The molecule has 0 unspecified atom stereocenters. The molecule has 0 spiro atoms. The molecule has 0 N–H and O–H groups in total. The maximum absolute atomic E-state index is 6.81. The lowest BCUT2D eigenvalue weighted by Crippen LogP contribution is -2.56. The molecule has 202 valence electrons. The van der Waals surface area contributed by atoms with Gasteiger partial charge in [0, 0.05) is 11.6 Å². The van der Waals surface area contributed by atoms with Crippen molar-refractivity contribution in [2.24, 2.45) is 7.05 Å². The van der Waals surface area contributed by atoms with Gasteiger partial charge in [-0.25, -0.2) is 0 Å². The SMILES string of the molecule is Cc1c(-c2cc3c4c(oc3c[n+]2C)B(c2c(C(C)C)cccc2C(C)C)c2ccccc2O4)ccc2ccccc12. The molecule has 6 aromatic rings. The van der Waals surface area contributed by atoms with Crippen LogP contribution in [-0.2, 0) is 7.05 Å². The summed E-state index contributed by atoms with van der Waals surface area (Å²) in [6.45, 7) is 11.3. The van der Waals surface area contributed by atoms with Crippen molar-refractivity contribution in [3.05, 3.63) is 108 Å². The number of nitrogens with zero attached hydrogens (tertiary/aromatic N) is 1. The second kappa shape index (κ2) is 9.66. The molecule has 4 aromatic carbocycles. The highest BCUT2D eigenvalue weighted by Gasteiger charge is 2.41. The van der Waals surface area contributed by atoms with Gasteiger partial charge in [-0.15, -0.1) is 0 Å². The number of aromatic nitrogens is 1. The molecule has 2 aromatic heterocycles. The summed E-state index contributed by atoms with van der Waals surface area (Å²) in [4.78, 5) is 0. The number of hydrogen-bond donors (Lipinski definition) is 0. The number of aryl methyl sites for hydroxylation is 2. The van der Waals surface area contributed by atoms with Crippen LogP contribution in [0.1, 0.15) is 56.2 Å². The summed E-state index contributed by atoms with van der Waals surface area (Å²) < 4.78 is 15.7. The first-order valence-electron chi connectivity index (χ1n) is 14.7. The lowest BCUT2D eigenvalue weighted by molar-refractivity contribution is -0.659. The molecule has 1 aliphatic heterocycles. The number of fused-ring (bicyclic) bond motifs is 5. The number of benzene rings is 4. The molecule has 1 aliphatic rings. The van der Waals surface area contributed by atoms with E-state index in [1.807, 2.05) is 0 Å². The summed E-state index contributed by atoms with van der Waals surface area (Å²) in [7, 11) is 2.10. The second-order valence-electron chi connectivity index (χ2n) is 12.0. The third-order valence-electron chi connectivity index (χ3n) is 8.81. The number of para-hydroxylation sites is 1. The highest BCUT2D eigenvalue weighted by molar-refractivity contribution is 6.97. The Morgan fingerprint density at radius 3 is 2.22 bits per heavy atom. The Hall–Kier alpha value is -4.31. The Morgan fingerprint density at radius 2 is 1.46 bits per heavy atom. The molecular formula is C37H35BNO2+. The van der Waals surface area contributed by atoms with Gasteiger partial charge in [-0.3, -0.25) is 0 Å². The van der Waals surface area contributed by atoms with E-state index in [1.165, 1.54) is 38.5 Å². The molecule has 4 heteroatoms. The zero-order chi connectivity index (χ0) is 28.4. The number of rotatable bonds is 4. The van der Waals surface area contributed by atoms with Gasteiger partial charge in [0.05, 0.1) is 5.39 Å². The zero-order valence-corrected chi connectivity index (χ0v) is 24.7. The molecule has 0 bridgehead atoms. The van der Waals surface area contributed by atoms with Gasteiger partial charge in [0.15, 0.2) is 5.75 Å². The molecule has 0 aliphatic carbocycles. The van der Waals surface area contributed by atoms with Crippen LogP contribution in [0.25, 0.3) is 33.0 Å². The molecule has 7 rings (SSSR count). The van der Waals surface area contributed by atoms with Crippen molar-refractivity contribution < 1.29 is 13.7 Å². The summed E-state index contributed by atoms with van der Waals surface area (Å²) in [5, 5.41) is 3.54. The Bertz CT molecular complexity index is 1940. The highest BCUT2D eigenvalue weighted by atomic mass is 16.5.